The van der Waals surface area contributed by atoms with Gasteiger partial charge in [-0.25, -0.2) is 4.79 Å². The Bertz CT molecular complexity index is 680. The van der Waals surface area contributed by atoms with Crippen LogP contribution < -0.4 is 10.6 Å². The van der Waals surface area contributed by atoms with Crippen LogP contribution in [0.15, 0.2) is 28.8 Å². The maximum atomic E-state index is 11.9. The molecule has 1 aromatic heterocycles. The summed E-state index contributed by atoms with van der Waals surface area (Å²) < 4.78 is 5.25. The molecule has 0 aliphatic carbocycles. The van der Waals surface area contributed by atoms with Crippen LogP contribution in [0, 0.1) is 5.92 Å². The topological polar surface area (TPSA) is 100 Å². The van der Waals surface area contributed by atoms with Crippen LogP contribution in [0.1, 0.15) is 45.9 Å². The average Bonchev–Trinajstić information content (AvgIpc) is 3.03. The molecule has 0 fully saturated rings. The fraction of sp³-hybridized carbons (Fsp3) is 0.500. The summed E-state index contributed by atoms with van der Waals surface area (Å²) >= 11 is 0. The van der Waals surface area contributed by atoms with Gasteiger partial charge in [0.2, 0.25) is 0 Å². The molecule has 7 nitrogen and oxygen atoms in total. The predicted molar refractivity (Wildman–Crippen MR) is 96.3 cm³/mol. The molecule has 136 valence electrons. The van der Waals surface area contributed by atoms with Crippen LogP contribution in [0.5, 0.6) is 0 Å². The summed E-state index contributed by atoms with van der Waals surface area (Å²) in [6.45, 7) is 8.24. The smallest absolute Gasteiger partial charge is 0.319 e. The first kappa shape index (κ1) is 18.9. The predicted octanol–water partition coefficient (Wildman–Crippen LogP) is 3.39. The van der Waals surface area contributed by atoms with E-state index in [1.165, 1.54) is 0 Å². The van der Waals surface area contributed by atoms with E-state index >= 15 is 0 Å². The summed E-state index contributed by atoms with van der Waals surface area (Å²) in [6, 6.07) is 6.94. The molecule has 2 atom stereocenters. The van der Waals surface area contributed by atoms with Crippen LogP contribution in [0.3, 0.4) is 0 Å². The molecule has 0 saturated carbocycles. The van der Waals surface area contributed by atoms with Gasteiger partial charge >= 0.3 is 6.03 Å². The van der Waals surface area contributed by atoms with Crippen LogP contribution in [-0.4, -0.2) is 33.9 Å². The zero-order valence-electron chi connectivity index (χ0n) is 15.1. The molecular formula is C18H26N4O3. The molecule has 7 heteroatoms. The fourth-order valence-electron chi connectivity index (χ4n) is 2.39. The monoisotopic (exact) mass is 346 g/mol. The van der Waals surface area contributed by atoms with Crippen molar-refractivity contribution in [3.8, 4) is 11.5 Å². The van der Waals surface area contributed by atoms with Gasteiger partial charge in [0.25, 0.3) is 5.89 Å². The second-order valence-electron chi connectivity index (χ2n) is 6.71. The lowest BCUT2D eigenvalue weighted by Gasteiger charge is -2.14. The summed E-state index contributed by atoms with van der Waals surface area (Å²) in [5, 5.41) is 18.8. The van der Waals surface area contributed by atoms with E-state index in [0.717, 1.165) is 5.56 Å². The summed E-state index contributed by atoms with van der Waals surface area (Å²) in [6.07, 6.45) is 0.283. The third-order valence-corrected chi connectivity index (χ3v) is 3.70. The molecule has 1 heterocycles. The summed E-state index contributed by atoms with van der Waals surface area (Å²) in [7, 11) is 0. The van der Waals surface area contributed by atoms with Gasteiger partial charge in [-0.2, -0.15) is 4.98 Å². The van der Waals surface area contributed by atoms with Crippen LogP contribution in [0.4, 0.5) is 10.5 Å². The maximum absolute atomic E-state index is 11.9. The third kappa shape index (κ3) is 5.86. The number of amides is 2. The van der Waals surface area contributed by atoms with Crippen molar-refractivity contribution in [2.45, 2.75) is 46.1 Å². The van der Waals surface area contributed by atoms with Crippen molar-refractivity contribution in [1.82, 2.24) is 15.5 Å². The van der Waals surface area contributed by atoms with Crippen LogP contribution in [-0.2, 0) is 0 Å². The molecule has 0 unspecified atom stereocenters. The lowest BCUT2D eigenvalue weighted by molar-refractivity contribution is 0.163. The number of aliphatic hydroxyl groups excluding tert-OH is 1. The van der Waals surface area contributed by atoms with Gasteiger partial charge in [0.05, 0.1) is 6.10 Å². The van der Waals surface area contributed by atoms with Crippen LogP contribution in [0.2, 0.25) is 0 Å². The third-order valence-electron chi connectivity index (χ3n) is 3.70. The minimum absolute atomic E-state index is 0.207. The minimum Gasteiger partial charge on any atom is -0.393 e. The van der Waals surface area contributed by atoms with Crippen molar-refractivity contribution >= 4 is 11.7 Å². The molecule has 1 aromatic carbocycles. The van der Waals surface area contributed by atoms with Crippen molar-refractivity contribution in [2.24, 2.45) is 5.92 Å². The Morgan fingerprint density at radius 1 is 1.20 bits per heavy atom. The van der Waals surface area contributed by atoms with E-state index in [2.05, 4.69) is 20.8 Å². The molecule has 0 bridgehead atoms. The normalized spacial score (nSPS) is 13.5. The Kier molecular flexibility index (Phi) is 6.52. The molecule has 0 aliphatic heterocycles. The van der Waals surface area contributed by atoms with Crippen LogP contribution >= 0.6 is 0 Å². The average molecular weight is 346 g/mol. The van der Waals surface area contributed by atoms with E-state index in [9.17, 15) is 9.90 Å². The summed E-state index contributed by atoms with van der Waals surface area (Å²) in [5.74, 6) is 1.55. The minimum atomic E-state index is -0.367. The molecule has 2 rings (SSSR count). The highest BCUT2D eigenvalue weighted by Crippen LogP contribution is 2.21. The molecule has 2 amide bonds. The number of aromatic nitrogens is 2. The van der Waals surface area contributed by atoms with E-state index < -0.39 is 0 Å². The van der Waals surface area contributed by atoms with Gasteiger partial charge in [-0.15, -0.1) is 0 Å². The van der Waals surface area contributed by atoms with Gasteiger partial charge in [-0.3, -0.25) is 0 Å². The summed E-state index contributed by atoms with van der Waals surface area (Å²) in [4.78, 5) is 16.3. The van der Waals surface area contributed by atoms with Crippen molar-refractivity contribution in [3.05, 3.63) is 30.1 Å². The molecule has 0 saturated heterocycles. The SMILES string of the molecule is CC(C)c1noc(-c2ccc(NC(=O)NC[C@@H](C)C[C@@H](C)O)cc2)n1. The van der Waals surface area contributed by atoms with E-state index in [1.54, 1.807) is 19.1 Å². The first-order valence-electron chi connectivity index (χ1n) is 8.52. The van der Waals surface area contributed by atoms with Gasteiger partial charge in [0.1, 0.15) is 0 Å². The second kappa shape index (κ2) is 8.62. The van der Waals surface area contributed by atoms with Gasteiger partial charge in [0, 0.05) is 23.7 Å². The maximum Gasteiger partial charge on any atom is 0.319 e. The van der Waals surface area contributed by atoms with Crippen molar-refractivity contribution in [3.63, 3.8) is 0 Å². The lowest BCUT2D eigenvalue weighted by atomic mass is 10.1. The van der Waals surface area contributed by atoms with Crippen molar-refractivity contribution < 1.29 is 14.4 Å². The number of anilines is 1. The van der Waals surface area contributed by atoms with Gasteiger partial charge in [-0.1, -0.05) is 25.9 Å². The molecule has 25 heavy (non-hydrogen) atoms. The quantitative estimate of drug-likeness (QED) is 0.713. The Hall–Kier alpha value is -2.41. The molecule has 2 aromatic rings. The first-order chi connectivity index (χ1) is 11.8. The Morgan fingerprint density at radius 2 is 1.88 bits per heavy atom. The Balaban J connectivity index is 1.88. The van der Waals surface area contributed by atoms with Gasteiger partial charge in [-0.05, 0) is 43.5 Å². The molecular weight excluding hydrogens is 320 g/mol. The number of hydrogen-bond donors (Lipinski definition) is 3. The number of carbonyl (C=O) groups is 1. The highest BCUT2D eigenvalue weighted by molar-refractivity contribution is 5.89. The number of urea groups is 1. The zero-order chi connectivity index (χ0) is 18.4. The number of nitrogens with zero attached hydrogens (tertiary/aromatic N) is 2. The van der Waals surface area contributed by atoms with E-state index in [1.807, 2.05) is 32.9 Å². The van der Waals surface area contributed by atoms with E-state index in [0.29, 0.717) is 30.4 Å². The Labute approximate surface area is 147 Å². The van der Waals surface area contributed by atoms with Gasteiger partial charge in [0.15, 0.2) is 5.82 Å². The lowest BCUT2D eigenvalue weighted by Crippen LogP contribution is -2.33. The molecule has 0 radical (unpaired) electrons. The van der Waals surface area contributed by atoms with E-state index in [-0.39, 0.29) is 24.0 Å². The molecule has 0 aliphatic rings. The number of benzene rings is 1. The zero-order valence-corrected chi connectivity index (χ0v) is 15.1. The first-order valence-corrected chi connectivity index (χ1v) is 8.52. The van der Waals surface area contributed by atoms with Crippen molar-refractivity contribution in [1.29, 1.82) is 0 Å². The number of carbonyl (C=O) groups excluding carboxylic acids is 1. The molecule has 3 N–H and O–H groups in total. The number of hydrogen-bond acceptors (Lipinski definition) is 5. The number of aliphatic hydroxyl groups is 1. The fourth-order valence-corrected chi connectivity index (χ4v) is 2.39. The van der Waals surface area contributed by atoms with Gasteiger partial charge < -0.3 is 20.3 Å². The van der Waals surface area contributed by atoms with Crippen LogP contribution in [0.25, 0.3) is 11.5 Å². The van der Waals surface area contributed by atoms with E-state index in [4.69, 9.17) is 4.52 Å². The second-order valence-corrected chi connectivity index (χ2v) is 6.71. The summed E-state index contributed by atoms with van der Waals surface area (Å²) in [5.41, 5.74) is 1.48. The highest BCUT2D eigenvalue weighted by Gasteiger charge is 2.12. The number of rotatable bonds is 7. The Morgan fingerprint density at radius 3 is 2.44 bits per heavy atom. The largest absolute Gasteiger partial charge is 0.393 e. The van der Waals surface area contributed by atoms with Crippen molar-refractivity contribution in [2.75, 3.05) is 11.9 Å². The highest BCUT2D eigenvalue weighted by atomic mass is 16.5. The number of nitrogens with one attached hydrogen (secondary N) is 2. The molecule has 0 spiro atoms. The standard InChI is InChI=1S/C18H26N4O3/c1-11(2)16-21-17(25-22-16)14-5-7-15(8-6-14)20-18(24)19-10-12(3)9-13(4)23/h5-8,11-13,23H,9-10H2,1-4H3,(H2,19,20,24)/t12-,13+/m0/s1.